The molecule has 1 rings (SSSR count). The summed E-state index contributed by atoms with van der Waals surface area (Å²) in [4.78, 5) is 13.7. The number of sulfonamides is 1. The van der Waals surface area contributed by atoms with Crippen LogP contribution in [0.25, 0.3) is 0 Å². The molecule has 0 radical (unpaired) electrons. The second-order valence-electron chi connectivity index (χ2n) is 4.83. The van der Waals surface area contributed by atoms with Crippen molar-refractivity contribution in [2.24, 2.45) is 0 Å². The van der Waals surface area contributed by atoms with Gasteiger partial charge in [-0.15, -0.1) is 12.4 Å². The highest BCUT2D eigenvalue weighted by atomic mass is 35.5. The number of nitrogens with zero attached hydrogens (tertiary/aromatic N) is 1. The van der Waals surface area contributed by atoms with Crippen LogP contribution in [-0.4, -0.2) is 52.2 Å². The third-order valence-corrected chi connectivity index (χ3v) is 4.41. The molecular weight excluding hydrogens is 326 g/mol. The number of likely N-dealkylation sites (N-methyl/N-ethyl adjacent to an activating group) is 2. The Morgan fingerprint density at radius 1 is 1.23 bits per heavy atom. The van der Waals surface area contributed by atoms with Gasteiger partial charge in [-0.05, 0) is 37.7 Å². The van der Waals surface area contributed by atoms with Gasteiger partial charge in [-0.2, -0.15) is 0 Å². The van der Waals surface area contributed by atoms with Crippen molar-refractivity contribution >= 4 is 34.0 Å². The van der Waals surface area contributed by atoms with Crippen LogP contribution in [0.4, 0.5) is 5.69 Å². The van der Waals surface area contributed by atoms with Crippen molar-refractivity contribution in [2.75, 3.05) is 37.7 Å². The molecule has 2 N–H and O–H groups in total. The quantitative estimate of drug-likeness (QED) is 0.746. The molecule has 0 spiro atoms. The molecule has 6 nitrogen and oxygen atoms in total. The Hall–Kier alpha value is -1.31. The van der Waals surface area contributed by atoms with Gasteiger partial charge in [0.25, 0.3) is 5.91 Å². The van der Waals surface area contributed by atoms with Crippen molar-refractivity contribution in [3.63, 3.8) is 0 Å². The molecule has 1 amide bonds. The Labute approximate surface area is 138 Å². The number of hydrogen-bond donors (Lipinski definition) is 2. The lowest BCUT2D eigenvalue weighted by molar-refractivity contribution is 0.0797. The third kappa shape index (κ3) is 6.64. The average Bonchev–Trinajstić information content (AvgIpc) is 2.44. The van der Waals surface area contributed by atoms with Gasteiger partial charge in [-0.1, -0.05) is 6.92 Å². The van der Waals surface area contributed by atoms with Crippen LogP contribution in [-0.2, 0) is 10.0 Å². The highest BCUT2D eigenvalue weighted by molar-refractivity contribution is 7.92. The molecule has 0 aliphatic carbocycles. The Balaban J connectivity index is 0.00000441. The van der Waals surface area contributed by atoms with Crippen LogP contribution in [0.15, 0.2) is 24.3 Å². The average molecular weight is 350 g/mol. The molecule has 8 heteroatoms. The van der Waals surface area contributed by atoms with Crippen LogP contribution in [0.3, 0.4) is 0 Å². The summed E-state index contributed by atoms with van der Waals surface area (Å²) in [7, 11) is 0.263. The summed E-state index contributed by atoms with van der Waals surface area (Å²) in [6.45, 7) is 3.14. The Kier molecular flexibility index (Phi) is 9.08. The summed E-state index contributed by atoms with van der Waals surface area (Å²) in [6, 6.07) is 6.46. The Bertz CT molecular complexity index is 561. The van der Waals surface area contributed by atoms with Crippen molar-refractivity contribution < 1.29 is 13.2 Å². The van der Waals surface area contributed by atoms with E-state index in [0.29, 0.717) is 24.2 Å². The van der Waals surface area contributed by atoms with Crippen molar-refractivity contribution in [1.29, 1.82) is 0 Å². The maximum absolute atomic E-state index is 12.1. The molecule has 0 bridgehead atoms. The summed E-state index contributed by atoms with van der Waals surface area (Å²) in [5.74, 6) is -0.00585. The van der Waals surface area contributed by atoms with Gasteiger partial charge < -0.3 is 10.2 Å². The zero-order valence-electron chi connectivity index (χ0n) is 13.1. The maximum Gasteiger partial charge on any atom is 0.253 e. The van der Waals surface area contributed by atoms with E-state index < -0.39 is 10.0 Å². The molecule has 0 saturated carbocycles. The molecule has 0 aliphatic rings. The second kappa shape index (κ2) is 9.66. The minimum atomic E-state index is -3.30. The van der Waals surface area contributed by atoms with Crippen molar-refractivity contribution in [1.82, 2.24) is 10.2 Å². The number of amides is 1. The molecule has 0 atom stereocenters. The van der Waals surface area contributed by atoms with E-state index in [1.165, 1.54) is 0 Å². The largest absolute Gasteiger partial charge is 0.340 e. The monoisotopic (exact) mass is 349 g/mol. The van der Waals surface area contributed by atoms with Gasteiger partial charge >= 0.3 is 0 Å². The van der Waals surface area contributed by atoms with Crippen LogP contribution >= 0.6 is 12.4 Å². The van der Waals surface area contributed by atoms with Crippen LogP contribution in [0.2, 0.25) is 0 Å². The second-order valence-corrected chi connectivity index (χ2v) is 6.67. The summed E-state index contributed by atoms with van der Waals surface area (Å²) in [5, 5.41) is 2.98. The lowest BCUT2D eigenvalue weighted by Gasteiger charge is -2.17. The number of carbonyl (C=O) groups is 1. The third-order valence-electron chi connectivity index (χ3n) is 2.92. The van der Waals surface area contributed by atoms with E-state index in [0.717, 1.165) is 6.54 Å². The first-order valence-electron chi connectivity index (χ1n) is 6.90. The van der Waals surface area contributed by atoms with Gasteiger partial charge in [-0.3, -0.25) is 9.52 Å². The van der Waals surface area contributed by atoms with Gasteiger partial charge in [0.15, 0.2) is 0 Å². The minimum absolute atomic E-state index is 0. The van der Waals surface area contributed by atoms with Crippen LogP contribution in [0, 0.1) is 0 Å². The first-order chi connectivity index (χ1) is 9.89. The molecule has 0 unspecified atom stereocenters. The van der Waals surface area contributed by atoms with Crippen LogP contribution in [0.1, 0.15) is 23.7 Å². The van der Waals surface area contributed by atoms with Gasteiger partial charge in [0.2, 0.25) is 10.0 Å². The lowest BCUT2D eigenvalue weighted by Crippen LogP contribution is -2.32. The smallest absolute Gasteiger partial charge is 0.253 e. The van der Waals surface area contributed by atoms with E-state index in [1.807, 2.05) is 14.0 Å². The highest BCUT2D eigenvalue weighted by Crippen LogP contribution is 2.13. The Morgan fingerprint density at radius 3 is 2.32 bits per heavy atom. The van der Waals surface area contributed by atoms with E-state index in [1.54, 1.807) is 36.2 Å². The number of hydrogen-bond acceptors (Lipinski definition) is 4. The van der Waals surface area contributed by atoms with E-state index >= 15 is 0 Å². The lowest BCUT2D eigenvalue weighted by atomic mass is 10.2. The molecule has 1 aromatic carbocycles. The fraction of sp³-hybridized carbons (Fsp3) is 0.500. The molecule has 0 heterocycles. The van der Waals surface area contributed by atoms with Gasteiger partial charge in [-0.25, -0.2) is 8.42 Å². The number of benzene rings is 1. The van der Waals surface area contributed by atoms with Crippen molar-refractivity contribution in [3.8, 4) is 0 Å². The molecule has 0 aromatic heterocycles. The maximum atomic E-state index is 12.1. The van der Waals surface area contributed by atoms with E-state index in [9.17, 15) is 13.2 Å². The van der Waals surface area contributed by atoms with E-state index in [4.69, 9.17) is 0 Å². The number of anilines is 1. The summed E-state index contributed by atoms with van der Waals surface area (Å²) >= 11 is 0. The number of nitrogens with one attached hydrogen (secondary N) is 2. The zero-order valence-corrected chi connectivity index (χ0v) is 14.8. The first-order valence-corrected chi connectivity index (χ1v) is 8.55. The number of carbonyl (C=O) groups excluding carboxylic acids is 1. The molecule has 0 aliphatic heterocycles. The molecule has 22 heavy (non-hydrogen) atoms. The molecule has 0 saturated heterocycles. The van der Waals surface area contributed by atoms with E-state index in [2.05, 4.69) is 10.0 Å². The highest BCUT2D eigenvalue weighted by Gasteiger charge is 2.12. The predicted molar refractivity (Wildman–Crippen MR) is 92.3 cm³/mol. The normalized spacial score (nSPS) is 10.7. The fourth-order valence-corrected chi connectivity index (χ4v) is 2.92. The summed E-state index contributed by atoms with van der Waals surface area (Å²) in [6.07, 6.45) is 0.558. The number of rotatable bonds is 8. The van der Waals surface area contributed by atoms with Gasteiger partial charge in [0.1, 0.15) is 0 Å². The van der Waals surface area contributed by atoms with E-state index in [-0.39, 0.29) is 24.1 Å². The SMILES string of the molecule is CCCS(=O)(=O)Nc1ccc(C(=O)N(C)CCNC)cc1.Cl. The standard InChI is InChI=1S/C14H23N3O3S.ClH/c1-4-11-21(19,20)16-13-7-5-12(6-8-13)14(18)17(3)10-9-15-2;/h5-8,15-16H,4,9-11H2,1-3H3;1H. The van der Waals surface area contributed by atoms with Crippen molar-refractivity contribution in [2.45, 2.75) is 13.3 Å². The first kappa shape index (κ1) is 20.7. The molecule has 126 valence electrons. The summed E-state index contributed by atoms with van der Waals surface area (Å²) < 4.78 is 25.8. The molecule has 1 aromatic rings. The molecular formula is C14H24ClN3O3S. The van der Waals surface area contributed by atoms with Gasteiger partial charge in [0.05, 0.1) is 5.75 Å². The van der Waals surface area contributed by atoms with Gasteiger partial charge in [0, 0.05) is 31.4 Å². The zero-order chi connectivity index (χ0) is 15.9. The minimum Gasteiger partial charge on any atom is -0.340 e. The fourth-order valence-electron chi connectivity index (χ4n) is 1.78. The summed E-state index contributed by atoms with van der Waals surface area (Å²) in [5.41, 5.74) is 1.00. The Morgan fingerprint density at radius 2 is 1.82 bits per heavy atom. The molecule has 0 fully saturated rings. The van der Waals surface area contributed by atoms with Crippen molar-refractivity contribution in [3.05, 3.63) is 29.8 Å². The van der Waals surface area contributed by atoms with Crippen LogP contribution < -0.4 is 10.0 Å². The van der Waals surface area contributed by atoms with Crippen LogP contribution in [0.5, 0.6) is 0 Å². The number of halogens is 1. The predicted octanol–water partition coefficient (Wildman–Crippen LogP) is 1.55. The topological polar surface area (TPSA) is 78.5 Å².